The number of aromatic amines is 1. The maximum absolute atomic E-state index is 11.9. The predicted molar refractivity (Wildman–Crippen MR) is 72.6 cm³/mol. The Hall–Kier alpha value is -2.37. The molecule has 2 aromatic rings. The quantitative estimate of drug-likeness (QED) is 0.830. The van der Waals surface area contributed by atoms with E-state index in [1.54, 1.807) is 24.7 Å². The van der Waals surface area contributed by atoms with Crippen molar-refractivity contribution in [3.8, 4) is 11.4 Å². The molecular formula is C14H15N3O3. The second-order valence-electron chi connectivity index (χ2n) is 4.77. The van der Waals surface area contributed by atoms with E-state index in [9.17, 15) is 9.59 Å². The molecule has 0 unspecified atom stereocenters. The summed E-state index contributed by atoms with van der Waals surface area (Å²) < 4.78 is 6.83. The van der Waals surface area contributed by atoms with Crippen molar-refractivity contribution >= 4 is 5.97 Å². The molecule has 0 fully saturated rings. The minimum absolute atomic E-state index is 0.339. The smallest absolute Gasteiger partial charge is 0.354 e. The van der Waals surface area contributed by atoms with Crippen LogP contribution in [0.5, 0.6) is 0 Å². The second kappa shape index (κ2) is 4.63. The molecule has 104 valence electrons. The van der Waals surface area contributed by atoms with Crippen LogP contribution in [0.3, 0.4) is 0 Å². The van der Waals surface area contributed by atoms with Crippen LogP contribution in [0.2, 0.25) is 0 Å². The molecule has 0 saturated heterocycles. The highest BCUT2D eigenvalue weighted by atomic mass is 16.5. The van der Waals surface area contributed by atoms with Crippen LogP contribution in [-0.4, -0.2) is 27.1 Å². The molecule has 2 aromatic heterocycles. The van der Waals surface area contributed by atoms with Crippen molar-refractivity contribution in [1.29, 1.82) is 0 Å². The molecule has 6 heteroatoms. The van der Waals surface area contributed by atoms with E-state index >= 15 is 0 Å². The number of nitrogens with zero attached hydrogens (tertiary/aromatic N) is 2. The van der Waals surface area contributed by atoms with E-state index in [0.717, 1.165) is 35.4 Å². The van der Waals surface area contributed by atoms with Gasteiger partial charge in [-0.05, 0) is 37.0 Å². The van der Waals surface area contributed by atoms with Gasteiger partial charge in [0.05, 0.1) is 18.0 Å². The normalized spacial score (nSPS) is 12.7. The van der Waals surface area contributed by atoms with Gasteiger partial charge < -0.3 is 14.3 Å². The number of carbonyl (C=O) groups is 1. The number of fused-ring (bicyclic) bond motifs is 3. The van der Waals surface area contributed by atoms with Crippen molar-refractivity contribution in [3.05, 3.63) is 39.6 Å². The van der Waals surface area contributed by atoms with Crippen molar-refractivity contribution in [1.82, 2.24) is 14.5 Å². The third kappa shape index (κ3) is 1.84. The average molecular weight is 273 g/mol. The number of hydrogen-bond donors (Lipinski definition) is 1. The number of aryl methyl sites for hydroxylation is 2. The highest BCUT2D eigenvalue weighted by Gasteiger charge is 2.25. The molecule has 1 aliphatic rings. The molecule has 0 radical (unpaired) electrons. The molecule has 2 heterocycles. The number of ether oxygens (including phenoxy) is 1. The molecule has 0 bridgehead atoms. The van der Waals surface area contributed by atoms with Crippen LogP contribution in [0.4, 0.5) is 0 Å². The van der Waals surface area contributed by atoms with Gasteiger partial charge in [-0.1, -0.05) is 0 Å². The fourth-order valence-electron chi connectivity index (χ4n) is 2.68. The molecule has 0 amide bonds. The lowest BCUT2D eigenvalue weighted by Crippen LogP contribution is -2.17. The fraction of sp³-hybridized carbons (Fsp3) is 0.357. The van der Waals surface area contributed by atoms with Crippen molar-refractivity contribution in [2.24, 2.45) is 7.05 Å². The summed E-state index contributed by atoms with van der Waals surface area (Å²) in [7, 11) is 1.80. The highest BCUT2D eigenvalue weighted by molar-refractivity contribution is 5.90. The lowest BCUT2D eigenvalue weighted by atomic mass is 9.95. The van der Waals surface area contributed by atoms with Gasteiger partial charge in [-0.2, -0.15) is 0 Å². The number of carbonyl (C=O) groups excluding carboxylic acids is 1. The van der Waals surface area contributed by atoms with Gasteiger partial charge >= 0.3 is 11.7 Å². The molecule has 0 aromatic carbocycles. The standard InChI is InChI=1S/C14H15N3O3/c1-3-20-13(18)10-6-8-4-5-9-7-15-14(19)16-11(9)12(8)17(10)2/h6-7H,3-5H2,1-2H3,(H,15,16,19). The molecule has 1 aliphatic carbocycles. The zero-order valence-corrected chi connectivity index (χ0v) is 11.4. The highest BCUT2D eigenvalue weighted by Crippen LogP contribution is 2.33. The minimum Gasteiger partial charge on any atom is -0.461 e. The van der Waals surface area contributed by atoms with E-state index in [2.05, 4.69) is 9.97 Å². The Bertz CT molecular complexity index is 743. The summed E-state index contributed by atoms with van der Waals surface area (Å²) in [6.45, 7) is 2.12. The Kier molecular flexibility index (Phi) is 2.93. The van der Waals surface area contributed by atoms with Gasteiger partial charge in [-0.25, -0.2) is 14.6 Å². The van der Waals surface area contributed by atoms with Crippen LogP contribution in [-0.2, 0) is 24.6 Å². The number of nitrogens with one attached hydrogen (secondary N) is 1. The molecule has 0 aliphatic heterocycles. The Morgan fingerprint density at radius 3 is 2.95 bits per heavy atom. The molecule has 0 spiro atoms. The zero-order valence-electron chi connectivity index (χ0n) is 11.4. The van der Waals surface area contributed by atoms with Gasteiger partial charge in [0.2, 0.25) is 0 Å². The van der Waals surface area contributed by atoms with Crippen LogP contribution in [0.25, 0.3) is 11.4 Å². The molecule has 1 N–H and O–H groups in total. The summed E-state index contributed by atoms with van der Waals surface area (Å²) in [4.78, 5) is 29.9. The number of aromatic nitrogens is 3. The van der Waals surface area contributed by atoms with Crippen molar-refractivity contribution in [3.63, 3.8) is 0 Å². The molecule has 0 atom stereocenters. The molecule has 20 heavy (non-hydrogen) atoms. The van der Waals surface area contributed by atoms with E-state index in [-0.39, 0.29) is 11.7 Å². The van der Waals surface area contributed by atoms with E-state index in [1.807, 2.05) is 6.07 Å². The van der Waals surface area contributed by atoms with Crippen molar-refractivity contribution in [2.45, 2.75) is 19.8 Å². The predicted octanol–water partition coefficient (Wildman–Crippen LogP) is 1.05. The topological polar surface area (TPSA) is 77.0 Å². The van der Waals surface area contributed by atoms with Crippen LogP contribution < -0.4 is 5.69 Å². The third-order valence-corrected chi connectivity index (χ3v) is 3.59. The van der Waals surface area contributed by atoms with Crippen molar-refractivity contribution < 1.29 is 9.53 Å². The van der Waals surface area contributed by atoms with E-state index in [1.165, 1.54) is 0 Å². The van der Waals surface area contributed by atoms with Gasteiger partial charge in [0.1, 0.15) is 5.69 Å². The molecule has 3 rings (SSSR count). The zero-order chi connectivity index (χ0) is 14.3. The summed E-state index contributed by atoms with van der Waals surface area (Å²) in [5, 5.41) is 0. The van der Waals surface area contributed by atoms with Gasteiger partial charge in [-0.3, -0.25) is 0 Å². The first-order valence-electron chi connectivity index (χ1n) is 6.56. The lowest BCUT2D eigenvalue weighted by Gasteiger charge is -2.17. The van der Waals surface area contributed by atoms with E-state index < -0.39 is 0 Å². The minimum atomic E-state index is -0.379. The van der Waals surface area contributed by atoms with Crippen LogP contribution in [0.15, 0.2) is 17.1 Å². The average Bonchev–Trinajstić information content (AvgIpc) is 2.77. The summed E-state index contributed by atoms with van der Waals surface area (Å²) in [5.41, 5.74) is 3.79. The summed E-state index contributed by atoms with van der Waals surface area (Å²) in [6.07, 6.45) is 3.23. The maximum Gasteiger partial charge on any atom is 0.354 e. The Morgan fingerprint density at radius 2 is 2.20 bits per heavy atom. The van der Waals surface area contributed by atoms with Crippen LogP contribution in [0.1, 0.15) is 28.5 Å². The van der Waals surface area contributed by atoms with Gasteiger partial charge in [0.25, 0.3) is 0 Å². The lowest BCUT2D eigenvalue weighted by molar-refractivity contribution is 0.0515. The second-order valence-corrected chi connectivity index (χ2v) is 4.77. The summed E-state index contributed by atoms with van der Waals surface area (Å²) in [6, 6.07) is 1.84. The molecular weight excluding hydrogens is 258 g/mol. The third-order valence-electron chi connectivity index (χ3n) is 3.59. The van der Waals surface area contributed by atoms with Gasteiger partial charge in [0.15, 0.2) is 0 Å². The fourth-order valence-corrected chi connectivity index (χ4v) is 2.68. The number of H-pyrrole nitrogens is 1. The monoisotopic (exact) mass is 273 g/mol. The largest absolute Gasteiger partial charge is 0.461 e. The van der Waals surface area contributed by atoms with Gasteiger partial charge in [-0.15, -0.1) is 0 Å². The first-order valence-corrected chi connectivity index (χ1v) is 6.56. The first kappa shape index (κ1) is 12.7. The SMILES string of the molecule is CCOC(=O)c1cc2c(n1C)-c1[nH]c(=O)ncc1CC2. The maximum atomic E-state index is 11.9. The Balaban J connectivity index is 2.17. The van der Waals surface area contributed by atoms with E-state index in [4.69, 9.17) is 4.74 Å². The summed E-state index contributed by atoms with van der Waals surface area (Å²) >= 11 is 0. The van der Waals surface area contributed by atoms with Crippen LogP contribution in [0, 0.1) is 0 Å². The van der Waals surface area contributed by atoms with Gasteiger partial charge in [0, 0.05) is 13.2 Å². The van der Waals surface area contributed by atoms with Crippen molar-refractivity contribution in [2.75, 3.05) is 6.61 Å². The number of esters is 1. The molecule has 6 nitrogen and oxygen atoms in total. The first-order chi connectivity index (χ1) is 9.61. The summed E-state index contributed by atoms with van der Waals surface area (Å²) in [5.74, 6) is -0.345. The Labute approximate surface area is 115 Å². The van der Waals surface area contributed by atoms with Crippen LogP contribution >= 0.6 is 0 Å². The Morgan fingerprint density at radius 1 is 1.45 bits per heavy atom. The number of rotatable bonds is 2. The molecule has 0 saturated carbocycles. The van der Waals surface area contributed by atoms with E-state index in [0.29, 0.717) is 12.3 Å². The number of hydrogen-bond acceptors (Lipinski definition) is 4.